The van der Waals surface area contributed by atoms with Crippen LogP contribution >= 0.6 is 0 Å². The zero-order valence-corrected chi connectivity index (χ0v) is 12.4. The number of rotatable bonds is 5. The molecule has 1 aromatic heterocycles. The van der Waals surface area contributed by atoms with Crippen LogP contribution in [0.5, 0.6) is 0 Å². The Morgan fingerprint density at radius 2 is 2.05 bits per heavy atom. The van der Waals surface area contributed by atoms with Gasteiger partial charge in [-0.15, -0.1) is 10.2 Å². The smallest absolute Gasteiger partial charge is 0.271 e. The number of carbonyl (C=O) groups is 1. The van der Waals surface area contributed by atoms with Crippen LogP contribution in [0.1, 0.15) is 56.4 Å². The van der Waals surface area contributed by atoms with Gasteiger partial charge in [-0.25, -0.2) is 0 Å². The fraction of sp³-hybridized carbons (Fsp3) is 0.667. The van der Waals surface area contributed by atoms with Crippen LogP contribution in [0.25, 0.3) is 0 Å². The van der Waals surface area contributed by atoms with Crippen molar-refractivity contribution < 1.29 is 4.79 Å². The summed E-state index contributed by atoms with van der Waals surface area (Å²) in [6, 6.07) is 3.95. The first-order valence-electron chi connectivity index (χ1n) is 7.59. The van der Waals surface area contributed by atoms with Crippen molar-refractivity contribution in [1.82, 2.24) is 15.5 Å². The van der Waals surface area contributed by atoms with E-state index in [9.17, 15) is 4.79 Å². The Hall–Kier alpha value is -1.65. The predicted octanol–water partition coefficient (Wildman–Crippen LogP) is 2.61. The van der Waals surface area contributed by atoms with E-state index in [1.807, 2.05) is 13.0 Å². The van der Waals surface area contributed by atoms with Crippen LogP contribution in [0.4, 0.5) is 5.82 Å². The van der Waals surface area contributed by atoms with Gasteiger partial charge < -0.3 is 10.6 Å². The number of hydrogen-bond acceptors (Lipinski definition) is 4. The lowest BCUT2D eigenvalue weighted by Crippen LogP contribution is -2.28. The highest BCUT2D eigenvalue weighted by Crippen LogP contribution is 2.27. The molecule has 5 heteroatoms. The van der Waals surface area contributed by atoms with Gasteiger partial charge in [0, 0.05) is 12.6 Å². The van der Waals surface area contributed by atoms with E-state index in [0.717, 1.165) is 5.82 Å². The summed E-state index contributed by atoms with van der Waals surface area (Å²) in [5, 5.41) is 14.2. The first-order chi connectivity index (χ1) is 9.70. The molecule has 1 heterocycles. The second kappa shape index (κ2) is 7.22. The summed E-state index contributed by atoms with van der Waals surface area (Å²) in [5.74, 6) is 1.29. The molecule has 0 spiro atoms. The van der Waals surface area contributed by atoms with Gasteiger partial charge in [-0.05, 0) is 44.7 Å². The zero-order valence-electron chi connectivity index (χ0n) is 12.4. The summed E-state index contributed by atoms with van der Waals surface area (Å²) in [5.41, 5.74) is 0.364. The summed E-state index contributed by atoms with van der Waals surface area (Å²) >= 11 is 0. The molecule has 1 unspecified atom stereocenters. The van der Waals surface area contributed by atoms with E-state index < -0.39 is 0 Å². The minimum absolute atomic E-state index is 0.174. The molecule has 1 aliphatic carbocycles. The van der Waals surface area contributed by atoms with Crippen molar-refractivity contribution in [3.8, 4) is 0 Å². The highest BCUT2D eigenvalue weighted by molar-refractivity contribution is 5.92. The van der Waals surface area contributed by atoms with Crippen molar-refractivity contribution in [2.75, 3.05) is 11.9 Å². The Bertz CT molecular complexity index is 426. The number of carbonyl (C=O) groups excluding carboxylic acids is 1. The molecule has 1 saturated carbocycles. The molecule has 0 aliphatic heterocycles. The van der Waals surface area contributed by atoms with E-state index >= 15 is 0 Å². The molecule has 5 nitrogen and oxygen atoms in total. The maximum absolute atomic E-state index is 11.6. The minimum atomic E-state index is -0.174. The topological polar surface area (TPSA) is 66.9 Å². The van der Waals surface area contributed by atoms with Crippen molar-refractivity contribution in [2.45, 2.75) is 52.0 Å². The van der Waals surface area contributed by atoms with Crippen molar-refractivity contribution in [2.24, 2.45) is 5.92 Å². The molecule has 0 radical (unpaired) electrons. The van der Waals surface area contributed by atoms with Crippen molar-refractivity contribution in [3.63, 3.8) is 0 Å². The molecule has 0 saturated heterocycles. The molecular weight excluding hydrogens is 252 g/mol. The van der Waals surface area contributed by atoms with Gasteiger partial charge in [-0.3, -0.25) is 4.79 Å². The van der Waals surface area contributed by atoms with E-state index in [-0.39, 0.29) is 5.91 Å². The number of amides is 1. The van der Waals surface area contributed by atoms with Gasteiger partial charge in [0.1, 0.15) is 5.82 Å². The van der Waals surface area contributed by atoms with E-state index in [1.54, 1.807) is 6.07 Å². The Morgan fingerprint density at radius 1 is 1.30 bits per heavy atom. The normalized spacial score (nSPS) is 17.5. The Balaban J connectivity index is 1.91. The largest absolute Gasteiger partial charge is 0.366 e. The summed E-state index contributed by atoms with van der Waals surface area (Å²) < 4.78 is 0. The maximum Gasteiger partial charge on any atom is 0.271 e. The fourth-order valence-corrected chi connectivity index (χ4v) is 2.77. The number of aromatic nitrogens is 2. The monoisotopic (exact) mass is 276 g/mol. The molecule has 2 rings (SSSR count). The van der Waals surface area contributed by atoms with Gasteiger partial charge in [0.15, 0.2) is 5.69 Å². The zero-order chi connectivity index (χ0) is 14.4. The van der Waals surface area contributed by atoms with Crippen LogP contribution in [-0.2, 0) is 0 Å². The summed E-state index contributed by atoms with van der Waals surface area (Å²) in [6.45, 7) is 4.68. The number of anilines is 1. The first kappa shape index (κ1) is 14.8. The highest BCUT2D eigenvalue weighted by atomic mass is 16.1. The molecule has 2 N–H and O–H groups in total. The molecule has 110 valence electrons. The highest BCUT2D eigenvalue weighted by Gasteiger charge is 2.20. The molecule has 1 atom stereocenters. The Morgan fingerprint density at radius 3 is 2.65 bits per heavy atom. The fourth-order valence-electron chi connectivity index (χ4n) is 2.77. The van der Waals surface area contributed by atoms with Gasteiger partial charge >= 0.3 is 0 Å². The SMILES string of the molecule is CCNC(=O)c1ccc(NC(C)C2CCCCC2)nn1. The first-order valence-corrected chi connectivity index (χ1v) is 7.59. The van der Waals surface area contributed by atoms with E-state index in [4.69, 9.17) is 0 Å². The van der Waals surface area contributed by atoms with Crippen molar-refractivity contribution in [1.29, 1.82) is 0 Å². The Labute approximate surface area is 120 Å². The lowest BCUT2D eigenvalue weighted by Gasteiger charge is -2.28. The number of hydrogen-bond donors (Lipinski definition) is 2. The van der Waals surface area contributed by atoms with Gasteiger partial charge in [0.05, 0.1) is 0 Å². The lowest BCUT2D eigenvalue weighted by molar-refractivity contribution is 0.0950. The number of nitrogens with one attached hydrogen (secondary N) is 2. The molecule has 20 heavy (non-hydrogen) atoms. The van der Waals surface area contributed by atoms with E-state index in [0.29, 0.717) is 24.2 Å². The standard InChI is InChI=1S/C15H24N4O/c1-3-16-15(20)13-9-10-14(19-18-13)17-11(2)12-7-5-4-6-8-12/h9-12H,3-8H2,1-2H3,(H,16,20)(H,17,19). The lowest BCUT2D eigenvalue weighted by atomic mass is 9.84. The average Bonchev–Trinajstić information content (AvgIpc) is 2.49. The van der Waals surface area contributed by atoms with Crippen LogP contribution in [0, 0.1) is 5.92 Å². The minimum Gasteiger partial charge on any atom is -0.366 e. The van der Waals surface area contributed by atoms with Crippen molar-refractivity contribution >= 4 is 11.7 Å². The van der Waals surface area contributed by atoms with Crippen LogP contribution < -0.4 is 10.6 Å². The molecule has 1 amide bonds. The predicted molar refractivity (Wildman–Crippen MR) is 79.7 cm³/mol. The van der Waals surface area contributed by atoms with Gasteiger partial charge in [0.25, 0.3) is 5.91 Å². The van der Waals surface area contributed by atoms with Gasteiger partial charge in [-0.2, -0.15) is 0 Å². The van der Waals surface area contributed by atoms with E-state index in [2.05, 4.69) is 27.8 Å². The van der Waals surface area contributed by atoms with Crippen LogP contribution in [0.3, 0.4) is 0 Å². The van der Waals surface area contributed by atoms with Crippen LogP contribution in [0.15, 0.2) is 12.1 Å². The summed E-state index contributed by atoms with van der Waals surface area (Å²) in [4.78, 5) is 11.6. The maximum atomic E-state index is 11.6. The Kier molecular flexibility index (Phi) is 5.32. The molecule has 1 fully saturated rings. The third-order valence-corrected chi connectivity index (χ3v) is 3.97. The molecule has 0 bridgehead atoms. The summed E-state index contributed by atoms with van der Waals surface area (Å²) in [6.07, 6.45) is 6.61. The second-order valence-corrected chi connectivity index (χ2v) is 5.49. The van der Waals surface area contributed by atoms with Crippen LogP contribution in [0.2, 0.25) is 0 Å². The molecule has 1 aromatic rings. The van der Waals surface area contributed by atoms with Gasteiger partial charge in [-0.1, -0.05) is 19.3 Å². The van der Waals surface area contributed by atoms with Gasteiger partial charge in [0.2, 0.25) is 0 Å². The van der Waals surface area contributed by atoms with Crippen molar-refractivity contribution in [3.05, 3.63) is 17.8 Å². The summed E-state index contributed by atoms with van der Waals surface area (Å²) in [7, 11) is 0. The second-order valence-electron chi connectivity index (χ2n) is 5.49. The number of nitrogens with zero attached hydrogens (tertiary/aromatic N) is 2. The third-order valence-electron chi connectivity index (χ3n) is 3.97. The van der Waals surface area contributed by atoms with E-state index in [1.165, 1.54) is 32.1 Å². The van der Waals surface area contributed by atoms with Crippen LogP contribution in [-0.4, -0.2) is 28.7 Å². The molecule has 0 aromatic carbocycles. The third kappa shape index (κ3) is 3.92. The quantitative estimate of drug-likeness (QED) is 0.867. The molecular formula is C15H24N4O. The average molecular weight is 276 g/mol. The molecule has 1 aliphatic rings.